The molecule has 0 atom stereocenters. The first kappa shape index (κ1) is 23.8. The van der Waals surface area contributed by atoms with E-state index in [2.05, 4.69) is 41.4 Å². The SMILES string of the molecule is CC(C)(C)c1ccccc1Oc1ncccc1NC(=O)Nc1cccc(OCc2ccccn2)c1. The Bertz CT molecular complexity index is 1290. The largest absolute Gasteiger partial charge is 0.487 e. The van der Waals surface area contributed by atoms with Gasteiger partial charge in [0.15, 0.2) is 0 Å². The molecule has 7 nitrogen and oxygen atoms in total. The van der Waals surface area contributed by atoms with Crippen molar-refractivity contribution in [2.24, 2.45) is 0 Å². The molecule has 178 valence electrons. The second kappa shape index (κ2) is 10.7. The van der Waals surface area contributed by atoms with Crippen molar-refractivity contribution in [3.63, 3.8) is 0 Å². The number of amides is 2. The van der Waals surface area contributed by atoms with Crippen molar-refractivity contribution in [2.45, 2.75) is 32.8 Å². The van der Waals surface area contributed by atoms with Crippen LogP contribution in [0.2, 0.25) is 0 Å². The molecule has 7 heteroatoms. The summed E-state index contributed by atoms with van der Waals surface area (Å²) in [5, 5.41) is 5.65. The van der Waals surface area contributed by atoms with Gasteiger partial charge in [-0.3, -0.25) is 4.98 Å². The Hall–Kier alpha value is -4.39. The number of benzene rings is 2. The van der Waals surface area contributed by atoms with E-state index >= 15 is 0 Å². The van der Waals surface area contributed by atoms with Crippen molar-refractivity contribution in [2.75, 3.05) is 10.6 Å². The maximum Gasteiger partial charge on any atom is 0.323 e. The van der Waals surface area contributed by atoms with Gasteiger partial charge in [0, 0.05) is 29.7 Å². The van der Waals surface area contributed by atoms with Crippen LogP contribution in [0.5, 0.6) is 17.4 Å². The number of para-hydroxylation sites is 1. The third-order valence-corrected chi connectivity index (χ3v) is 5.13. The molecule has 2 N–H and O–H groups in total. The molecule has 0 spiro atoms. The third kappa shape index (κ3) is 6.57. The molecule has 0 aliphatic heterocycles. The Balaban J connectivity index is 1.43. The topological polar surface area (TPSA) is 85.4 Å². The van der Waals surface area contributed by atoms with Crippen LogP contribution in [0.4, 0.5) is 16.2 Å². The lowest BCUT2D eigenvalue weighted by molar-refractivity contribution is 0.262. The molecule has 2 amide bonds. The maximum atomic E-state index is 12.7. The monoisotopic (exact) mass is 468 g/mol. The zero-order valence-corrected chi connectivity index (χ0v) is 20.0. The number of urea groups is 1. The molecular weight excluding hydrogens is 440 g/mol. The van der Waals surface area contributed by atoms with Crippen LogP contribution in [0.1, 0.15) is 32.0 Å². The van der Waals surface area contributed by atoms with E-state index in [1.807, 2.05) is 54.6 Å². The van der Waals surface area contributed by atoms with Crippen LogP contribution in [0.15, 0.2) is 91.3 Å². The molecule has 0 bridgehead atoms. The molecule has 35 heavy (non-hydrogen) atoms. The first-order valence-electron chi connectivity index (χ1n) is 11.3. The molecule has 2 aromatic carbocycles. The number of aromatic nitrogens is 2. The van der Waals surface area contributed by atoms with Crippen LogP contribution in [0, 0.1) is 0 Å². The summed E-state index contributed by atoms with van der Waals surface area (Å²) in [6.07, 6.45) is 3.35. The van der Waals surface area contributed by atoms with Gasteiger partial charge in [-0.05, 0) is 47.9 Å². The fourth-order valence-corrected chi connectivity index (χ4v) is 3.44. The van der Waals surface area contributed by atoms with E-state index in [-0.39, 0.29) is 5.41 Å². The summed E-state index contributed by atoms with van der Waals surface area (Å²) in [7, 11) is 0. The number of nitrogens with one attached hydrogen (secondary N) is 2. The third-order valence-electron chi connectivity index (χ3n) is 5.13. The van der Waals surface area contributed by atoms with Gasteiger partial charge < -0.3 is 20.1 Å². The van der Waals surface area contributed by atoms with E-state index < -0.39 is 6.03 Å². The number of anilines is 2. The fraction of sp³-hybridized carbons (Fsp3) is 0.179. The lowest BCUT2D eigenvalue weighted by Crippen LogP contribution is -2.20. The van der Waals surface area contributed by atoms with Crippen LogP contribution in [0.3, 0.4) is 0 Å². The summed E-state index contributed by atoms with van der Waals surface area (Å²) >= 11 is 0. The quantitative estimate of drug-likeness (QED) is 0.312. The molecule has 2 heterocycles. The minimum absolute atomic E-state index is 0.111. The van der Waals surface area contributed by atoms with Crippen molar-refractivity contribution in [3.05, 3.63) is 103 Å². The van der Waals surface area contributed by atoms with Gasteiger partial charge in [-0.25, -0.2) is 9.78 Å². The number of hydrogen-bond donors (Lipinski definition) is 2. The lowest BCUT2D eigenvalue weighted by atomic mass is 9.86. The predicted octanol–water partition coefficient (Wildman–Crippen LogP) is 6.79. The van der Waals surface area contributed by atoms with Gasteiger partial charge in [-0.15, -0.1) is 0 Å². The van der Waals surface area contributed by atoms with Gasteiger partial charge >= 0.3 is 6.03 Å². The highest BCUT2D eigenvalue weighted by molar-refractivity contribution is 6.00. The first-order chi connectivity index (χ1) is 16.9. The fourth-order valence-electron chi connectivity index (χ4n) is 3.44. The summed E-state index contributed by atoms with van der Waals surface area (Å²) in [4.78, 5) is 21.3. The van der Waals surface area contributed by atoms with Crippen LogP contribution in [0.25, 0.3) is 0 Å². The van der Waals surface area contributed by atoms with Crippen LogP contribution in [-0.2, 0) is 12.0 Å². The van der Waals surface area contributed by atoms with E-state index in [1.54, 1.807) is 36.7 Å². The highest BCUT2D eigenvalue weighted by Gasteiger charge is 2.20. The van der Waals surface area contributed by atoms with Gasteiger partial charge in [-0.2, -0.15) is 0 Å². The van der Waals surface area contributed by atoms with Crippen molar-refractivity contribution < 1.29 is 14.3 Å². The Labute approximate surface area is 205 Å². The first-order valence-corrected chi connectivity index (χ1v) is 11.3. The number of pyridine rings is 2. The van der Waals surface area contributed by atoms with E-state index in [0.29, 0.717) is 35.4 Å². The average molecular weight is 469 g/mol. The van der Waals surface area contributed by atoms with Crippen LogP contribution < -0.4 is 20.1 Å². The van der Waals surface area contributed by atoms with E-state index in [0.717, 1.165) is 11.3 Å². The minimum atomic E-state index is -0.422. The zero-order chi connectivity index (χ0) is 24.7. The van der Waals surface area contributed by atoms with Crippen molar-refractivity contribution >= 4 is 17.4 Å². The molecule has 0 fully saturated rings. The Morgan fingerprint density at radius 1 is 0.857 bits per heavy atom. The van der Waals surface area contributed by atoms with E-state index in [4.69, 9.17) is 9.47 Å². The second-order valence-corrected chi connectivity index (χ2v) is 8.92. The van der Waals surface area contributed by atoms with E-state index in [1.165, 1.54) is 0 Å². The number of rotatable bonds is 7. The molecule has 4 aromatic rings. The summed E-state index contributed by atoms with van der Waals surface area (Å²) in [5.74, 6) is 1.63. The minimum Gasteiger partial charge on any atom is -0.487 e. The molecule has 0 aliphatic rings. The summed E-state index contributed by atoms with van der Waals surface area (Å²) in [6.45, 7) is 6.69. The molecule has 4 rings (SSSR count). The van der Waals surface area contributed by atoms with Gasteiger partial charge in [0.25, 0.3) is 0 Å². The normalized spacial score (nSPS) is 10.9. The Morgan fingerprint density at radius 3 is 2.46 bits per heavy atom. The summed E-state index contributed by atoms with van der Waals surface area (Å²) in [6, 6.07) is 23.7. The van der Waals surface area contributed by atoms with Crippen molar-refractivity contribution in [1.29, 1.82) is 0 Å². The highest BCUT2D eigenvalue weighted by Crippen LogP contribution is 2.35. The van der Waals surface area contributed by atoms with Gasteiger partial charge in [0.05, 0.1) is 5.69 Å². The number of carbonyl (C=O) groups excluding carboxylic acids is 1. The smallest absolute Gasteiger partial charge is 0.323 e. The summed E-state index contributed by atoms with van der Waals surface area (Å²) < 4.78 is 11.9. The zero-order valence-electron chi connectivity index (χ0n) is 20.0. The van der Waals surface area contributed by atoms with Crippen LogP contribution >= 0.6 is 0 Å². The summed E-state index contributed by atoms with van der Waals surface area (Å²) in [5.41, 5.74) is 2.80. The molecule has 0 saturated carbocycles. The van der Waals surface area contributed by atoms with E-state index in [9.17, 15) is 4.79 Å². The second-order valence-electron chi connectivity index (χ2n) is 8.92. The number of nitrogens with zero attached hydrogens (tertiary/aromatic N) is 2. The molecule has 2 aromatic heterocycles. The Morgan fingerprint density at radius 2 is 1.66 bits per heavy atom. The average Bonchev–Trinajstić information content (AvgIpc) is 2.84. The van der Waals surface area contributed by atoms with Gasteiger partial charge in [0.2, 0.25) is 5.88 Å². The molecule has 0 radical (unpaired) electrons. The number of hydrogen-bond acceptors (Lipinski definition) is 5. The van der Waals surface area contributed by atoms with Crippen molar-refractivity contribution in [3.8, 4) is 17.4 Å². The predicted molar refractivity (Wildman–Crippen MR) is 137 cm³/mol. The maximum absolute atomic E-state index is 12.7. The standard InChI is InChI=1S/C28H28N4O3/c1-28(2,3)23-13-4-5-15-25(23)35-26-24(14-9-17-30-26)32-27(33)31-20-11-8-12-22(18-20)34-19-21-10-6-7-16-29-21/h4-18H,19H2,1-3H3,(H2,31,32,33). The van der Waals surface area contributed by atoms with Gasteiger partial charge in [0.1, 0.15) is 23.8 Å². The lowest BCUT2D eigenvalue weighted by Gasteiger charge is -2.22. The number of ether oxygens (including phenoxy) is 2. The molecule has 0 aliphatic carbocycles. The Kier molecular flexibility index (Phi) is 7.26. The molecule has 0 saturated heterocycles. The number of carbonyl (C=O) groups is 1. The van der Waals surface area contributed by atoms with Crippen molar-refractivity contribution in [1.82, 2.24) is 9.97 Å². The van der Waals surface area contributed by atoms with Crippen LogP contribution in [-0.4, -0.2) is 16.0 Å². The molecular formula is C28H28N4O3. The molecule has 0 unspecified atom stereocenters. The van der Waals surface area contributed by atoms with Gasteiger partial charge in [-0.1, -0.05) is 51.1 Å². The highest BCUT2D eigenvalue weighted by atomic mass is 16.5.